The fraction of sp³-hybridized carbons (Fsp3) is 0.278. The standard InChI is InChI=1S/C18H17ClF3N5OS/c1-27-14(9-24-26-27)12-7-15(29-16(12)19)17(28)25-11(8-23)6-10-4-2-3-5-13(10)18(20,21)22/h2-5,7,9,11H,6,8,23H2,1H3,(H,25,28)/t11-/m0/s1. The lowest BCUT2D eigenvalue weighted by molar-refractivity contribution is -0.138. The highest BCUT2D eigenvalue weighted by Gasteiger charge is 2.33. The number of nitrogens with two attached hydrogens (primary N) is 1. The van der Waals surface area contributed by atoms with Crippen LogP contribution < -0.4 is 11.1 Å². The lowest BCUT2D eigenvalue weighted by Gasteiger charge is -2.19. The predicted molar refractivity (Wildman–Crippen MR) is 105 cm³/mol. The van der Waals surface area contributed by atoms with Gasteiger partial charge in [0, 0.05) is 25.2 Å². The van der Waals surface area contributed by atoms with E-state index in [1.165, 1.54) is 29.1 Å². The van der Waals surface area contributed by atoms with E-state index in [2.05, 4.69) is 15.6 Å². The molecule has 0 saturated carbocycles. The summed E-state index contributed by atoms with van der Waals surface area (Å²) < 4.78 is 41.5. The number of nitrogens with zero attached hydrogens (tertiary/aromatic N) is 3. The molecule has 2 aromatic heterocycles. The predicted octanol–water partition coefficient (Wildman–Crippen LogP) is 3.52. The molecule has 154 valence electrons. The first kappa shape index (κ1) is 21.3. The normalized spacial score (nSPS) is 12.8. The van der Waals surface area contributed by atoms with Gasteiger partial charge in [-0.05, 0) is 24.1 Å². The summed E-state index contributed by atoms with van der Waals surface area (Å²) in [7, 11) is 1.69. The number of thiophene rings is 1. The van der Waals surface area contributed by atoms with Crippen molar-refractivity contribution < 1.29 is 18.0 Å². The van der Waals surface area contributed by atoms with Crippen LogP contribution in [0.15, 0.2) is 36.5 Å². The number of nitrogens with one attached hydrogen (secondary N) is 1. The van der Waals surface area contributed by atoms with Crippen LogP contribution in [0.1, 0.15) is 20.8 Å². The Kier molecular flexibility index (Phi) is 6.25. The largest absolute Gasteiger partial charge is 0.416 e. The number of rotatable bonds is 6. The van der Waals surface area contributed by atoms with Gasteiger partial charge >= 0.3 is 6.18 Å². The van der Waals surface area contributed by atoms with E-state index in [-0.39, 0.29) is 18.5 Å². The lowest BCUT2D eigenvalue weighted by Crippen LogP contribution is -2.41. The van der Waals surface area contributed by atoms with Gasteiger partial charge in [0.2, 0.25) is 0 Å². The molecule has 0 saturated heterocycles. The van der Waals surface area contributed by atoms with Gasteiger partial charge in [-0.15, -0.1) is 16.4 Å². The molecule has 11 heteroatoms. The summed E-state index contributed by atoms with van der Waals surface area (Å²) in [5.41, 5.74) is 6.27. The van der Waals surface area contributed by atoms with Crippen LogP contribution in [0.25, 0.3) is 11.3 Å². The zero-order chi connectivity index (χ0) is 21.2. The average molecular weight is 444 g/mol. The first-order chi connectivity index (χ1) is 13.7. The molecule has 1 atom stereocenters. The van der Waals surface area contributed by atoms with Crippen molar-refractivity contribution in [2.45, 2.75) is 18.6 Å². The van der Waals surface area contributed by atoms with Gasteiger partial charge in [0.25, 0.3) is 5.91 Å². The van der Waals surface area contributed by atoms with E-state index in [0.717, 1.165) is 17.4 Å². The van der Waals surface area contributed by atoms with E-state index in [1.54, 1.807) is 13.1 Å². The van der Waals surface area contributed by atoms with Crippen molar-refractivity contribution in [3.05, 3.63) is 56.9 Å². The highest BCUT2D eigenvalue weighted by molar-refractivity contribution is 7.18. The van der Waals surface area contributed by atoms with E-state index in [9.17, 15) is 18.0 Å². The molecule has 1 aromatic carbocycles. The van der Waals surface area contributed by atoms with Crippen LogP contribution in [0.4, 0.5) is 13.2 Å². The van der Waals surface area contributed by atoms with Crippen LogP contribution in [0, 0.1) is 0 Å². The fourth-order valence-corrected chi connectivity index (χ4v) is 4.07. The van der Waals surface area contributed by atoms with Crippen molar-refractivity contribution in [2.24, 2.45) is 12.8 Å². The number of carbonyl (C=O) groups excluding carboxylic acids is 1. The number of halogens is 4. The molecule has 0 radical (unpaired) electrons. The van der Waals surface area contributed by atoms with Gasteiger partial charge in [-0.3, -0.25) is 4.79 Å². The van der Waals surface area contributed by atoms with E-state index in [0.29, 0.717) is 20.5 Å². The molecule has 0 aliphatic carbocycles. The summed E-state index contributed by atoms with van der Waals surface area (Å²) in [5.74, 6) is -0.460. The summed E-state index contributed by atoms with van der Waals surface area (Å²) in [4.78, 5) is 12.9. The monoisotopic (exact) mass is 443 g/mol. The molecular formula is C18H17ClF3N5OS. The van der Waals surface area contributed by atoms with Crippen LogP contribution in [0.2, 0.25) is 4.34 Å². The Hall–Kier alpha value is -2.43. The molecule has 29 heavy (non-hydrogen) atoms. The number of hydrogen-bond acceptors (Lipinski definition) is 5. The summed E-state index contributed by atoms with van der Waals surface area (Å²) in [6.45, 7) is -0.0183. The Balaban J connectivity index is 1.77. The third kappa shape index (κ3) is 4.77. The topological polar surface area (TPSA) is 85.8 Å². The second-order valence-electron chi connectivity index (χ2n) is 6.31. The van der Waals surface area contributed by atoms with E-state index in [4.69, 9.17) is 17.3 Å². The van der Waals surface area contributed by atoms with Crippen LogP contribution in [-0.4, -0.2) is 33.5 Å². The second kappa shape index (κ2) is 8.52. The Morgan fingerprint density at radius 2 is 2.10 bits per heavy atom. The molecule has 0 unspecified atom stereocenters. The van der Waals surface area contributed by atoms with Gasteiger partial charge in [0.1, 0.15) is 4.34 Å². The zero-order valence-corrected chi connectivity index (χ0v) is 16.8. The number of aryl methyl sites for hydroxylation is 1. The number of benzene rings is 1. The Morgan fingerprint density at radius 3 is 2.72 bits per heavy atom. The number of carbonyl (C=O) groups is 1. The van der Waals surface area contributed by atoms with E-state index >= 15 is 0 Å². The van der Waals surface area contributed by atoms with Crippen LogP contribution >= 0.6 is 22.9 Å². The minimum Gasteiger partial charge on any atom is -0.347 e. The number of alkyl halides is 3. The quantitative estimate of drug-likeness (QED) is 0.610. The molecule has 3 aromatic rings. The van der Waals surface area contributed by atoms with Crippen molar-refractivity contribution in [3.8, 4) is 11.3 Å². The molecule has 3 N–H and O–H groups in total. The van der Waals surface area contributed by atoms with E-state index < -0.39 is 23.7 Å². The van der Waals surface area contributed by atoms with Crippen molar-refractivity contribution in [3.63, 3.8) is 0 Å². The maximum Gasteiger partial charge on any atom is 0.416 e. The summed E-state index contributed by atoms with van der Waals surface area (Å²) >= 11 is 7.30. The molecule has 2 heterocycles. The third-order valence-electron chi connectivity index (χ3n) is 4.31. The lowest BCUT2D eigenvalue weighted by atomic mass is 9.99. The van der Waals surface area contributed by atoms with Crippen molar-refractivity contribution in [1.29, 1.82) is 0 Å². The van der Waals surface area contributed by atoms with Crippen LogP contribution in [0.3, 0.4) is 0 Å². The molecule has 0 spiro atoms. The molecule has 0 bridgehead atoms. The Bertz CT molecular complexity index is 1020. The van der Waals surface area contributed by atoms with Gasteiger partial charge in [-0.2, -0.15) is 13.2 Å². The van der Waals surface area contributed by atoms with Gasteiger partial charge in [-0.1, -0.05) is 35.0 Å². The minimum absolute atomic E-state index is 0.0183. The first-order valence-electron chi connectivity index (χ1n) is 8.51. The molecule has 1 amide bonds. The number of aromatic nitrogens is 3. The van der Waals surface area contributed by atoms with Gasteiger partial charge in [-0.25, -0.2) is 4.68 Å². The molecule has 0 aliphatic rings. The molecular weight excluding hydrogens is 427 g/mol. The Labute approximate surface area is 173 Å². The zero-order valence-electron chi connectivity index (χ0n) is 15.2. The van der Waals surface area contributed by atoms with Crippen molar-refractivity contribution in [2.75, 3.05) is 6.54 Å². The second-order valence-corrected chi connectivity index (χ2v) is 7.96. The SMILES string of the molecule is Cn1nncc1-c1cc(C(=O)N[C@H](CN)Cc2ccccc2C(F)(F)F)sc1Cl. The van der Waals surface area contributed by atoms with Gasteiger partial charge < -0.3 is 11.1 Å². The fourth-order valence-electron chi connectivity index (χ4n) is 2.88. The average Bonchev–Trinajstić information content (AvgIpc) is 3.25. The summed E-state index contributed by atoms with van der Waals surface area (Å²) in [5, 5.41) is 10.3. The highest BCUT2D eigenvalue weighted by Crippen LogP contribution is 2.35. The summed E-state index contributed by atoms with van der Waals surface area (Å²) in [6, 6.07) is 6.16. The smallest absolute Gasteiger partial charge is 0.347 e. The molecule has 6 nitrogen and oxygen atoms in total. The Morgan fingerprint density at radius 1 is 1.38 bits per heavy atom. The first-order valence-corrected chi connectivity index (χ1v) is 9.70. The number of hydrogen-bond donors (Lipinski definition) is 2. The van der Waals surface area contributed by atoms with Gasteiger partial charge in [0.15, 0.2) is 0 Å². The molecule has 0 aliphatic heterocycles. The van der Waals surface area contributed by atoms with Crippen molar-refractivity contribution >= 4 is 28.8 Å². The van der Waals surface area contributed by atoms with E-state index in [1.807, 2.05) is 0 Å². The maximum atomic E-state index is 13.2. The minimum atomic E-state index is -4.48. The highest BCUT2D eigenvalue weighted by atomic mass is 35.5. The molecule has 3 rings (SSSR count). The van der Waals surface area contributed by atoms with Gasteiger partial charge in [0.05, 0.1) is 22.3 Å². The number of amides is 1. The third-order valence-corrected chi connectivity index (χ3v) is 5.67. The maximum absolute atomic E-state index is 13.2. The molecule has 0 fully saturated rings. The van der Waals surface area contributed by atoms with Crippen LogP contribution in [0.5, 0.6) is 0 Å². The summed E-state index contributed by atoms with van der Waals surface area (Å²) in [6.07, 6.45) is -3.00. The van der Waals surface area contributed by atoms with Crippen LogP contribution in [-0.2, 0) is 19.6 Å². The van der Waals surface area contributed by atoms with Crippen molar-refractivity contribution in [1.82, 2.24) is 20.3 Å².